The second-order valence-electron chi connectivity index (χ2n) is 3.94. The van der Waals surface area contributed by atoms with E-state index >= 15 is 0 Å². The minimum absolute atomic E-state index is 0.0186. The van der Waals surface area contributed by atoms with Gasteiger partial charge in [-0.25, -0.2) is 0 Å². The summed E-state index contributed by atoms with van der Waals surface area (Å²) >= 11 is 11.6. The van der Waals surface area contributed by atoms with E-state index in [1.165, 1.54) is 0 Å². The van der Waals surface area contributed by atoms with E-state index in [1.54, 1.807) is 18.2 Å². The first kappa shape index (κ1) is 15.6. The minimum Gasteiger partial charge on any atom is -0.310 e. The van der Waals surface area contributed by atoms with Gasteiger partial charge in [0.2, 0.25) is 0 Å². The molecule has 0 fully saturated rings. The van der Waals surface area contributed by atoms with Crippen LogP contribution < -0.4 is 5.32 Å². The second kappa shape index (κ2) is 6.64. The lowest BCUT2D eigenvalue weighted by Gasteiger charge is -2.19. The zero-order valence-electron chi connectivity index (χ0n) is 9.82. The van der Waals surface area contributed by atoms with E-state index in [-0.39, 0.29) is 12.5 Å². The summed E-state index contributed by atoms with van der Waals surface area (Å²) in [5.41, 5.74) is 0.718. The summed E-state index contributed by atoms with van der Waals surface area (Å²) in [7, 11) is 0. The molecule has 0 bridgehead atoms. The molecule has 0 spiro atoms. The molecule has 0 aromatic heterocycles. The molecule has 18 heavy (non-hydrogen) atoms. The molecule has 0 heterocycles. The summed E-state index contributed by atoms with van der Waals surface area (Å²) in [6.45, 7) is 2.43. The molecule has 0 radical (unpaired) electrons. The maximum Gasteiger partial charge on any atom is 0.389 e. The van der Waals surface area contributed by atoms with Gasteiger partial charge in [-0.05, 0) is 30.7 Å². The van der Waals surface area contributed by atoms with Crippen LogP contribution >= 0.6 is 23.2 Å². The van der Waals surface area contributed by atoms with Crippen molar-refractivity contribution >= 4 is 23.2 Å². The normalized spacial score (nSPS) is 13.7. The van der Waals surface area contributed by atoms with E-state index in [9.17, 15) is 13.2 Å². The van der Waals surface area contributed by atoms with Crippen LogP contribution in [-0.2, 0) is 0 Å². The van der Waals surface area contributed by atoms with Crippen LogP contribution in [0.25, 0.3) is 0 Å². The molecule has 6 heteroatoms. The van der Waals surface area contributed by atoms with Crippen molar-refractivity contribution in [2.75, 3.05) is 6.54 Å². The monoisotopic (exact) mass is 299 g/mol. The molecule has 1 aromatic carbocycles. The van der Waals surface area contributed by atoms with Crippen LogP contribution in [0.2, 0.25) is 10.0 Å². The summed E-state index contributed by atoms with van der Waals surface area (Å²) < 4.78 is 36.7. The van der Waals surface area contributed by atoms with Gasteiger partial charge < -0.3 is 5.32 Å². The Morgan fingerprint density at radius 3 is 2.39 bits per heavy atom. The molecule has 1 unspecified atom stereocenters. The molecule has 0 saturated heterocycles. The number of alkyl halides is 3. The first-order chi connectivity index (χ1) is 8.33. The number of hydrogen-bond donors (Lipinski definition) is 1. The van der Waals surface area contributed by atoms with Crippen molar-refractivity contribution < 1.29 is 13.2 Å². The largest absolute Gasteiger partial charge is 0.389 e. The molecular weight excluding hydrogens is 286 g/mol. The zero-order chi connectivity index (χ0) is 13.8. The van der Waals surface area contributed by atoms with Gasteiger partial charge in [0.1, 0.15) is 0 Å². The predicted molar refractivity (Wildman–Crippen MR) is 68.2 cm³/mol. The van der Waals surface area contributed by atoms with Gasteiger partial charge in [-0.1, -0.05) is 36.2 Å². The molecule has 0 aliphatic carbocycles. The Hall–Kier alpha value is -0.450. The highest BCUT2D eigenvalue weighted by Gasteiger charge is 2.28. The average molecular weight is 300 g/mol. The third kappa shape index (κ3) is 5.04. The van der Waals surface area contributed by atoms with Crippen LogP contribution in [-0.4, -0.2) is 12.7 Å². The number of halogens is 5. The Labute approximate surface area is 114 Å². The molecule has 0 amide bonds. The molecular formula is C12H14Cl2F3N. The number of benzene rings is 1. The summed E-state index contributed by atoms with van der Waals surface area (Å²) in [6, 6.07) is 4.52. The van der Waals surface area contributed by atoms with Gasteiger partial charge in [-0.15, -0.1) is 0 Å². The van der Waals surface area contributed by atoms with Crippen LogP contribution in [0.5, 0.6) is 0 Å². The second-order valence-corrected chi connectivity index (χ2v) is 4.75. The van der Waals surface area contributed by atoms with Crippen LogP contribution in [0.1, 0.15) is 31.4 Å². The van der Waals surface area contributed by atoms with E-state index in [2.05, 4.69) is 5.32 Å². The van der Waals surface area contributed by atoms with Crippen molar-refractivity contribution in [3.05, 3.63) is 33.8 Å². The summed E-state index contributed by atoms with van der Waals surface area (Å²) in [6.07, 6.45) is -5.00. The van der Waals surface area contributed by atoms with Gasteiger partial charge in [0.25, 0.3) is 0 Å². The quantitative estimate of drug-likeness (QED) is 0.808. The van der Waals surface area contributed by atoms with Crippen LogP contribution in [0, 0.1) is 0 Å². The summed E-state index contributed by atoms with van der Waals surface area (Å²) in [4.78, 5) is 0. The molecule has 1 aromatic rings. The Kier molecular flexibility index (Phi) is 5.76. The van der Waals surface area contributed by atoms with Crippen molar-refractivity contribution in [3.8, 4) is 0 Å². The van der Waals surface area contributed by atoms with Gasteiger partial charge in [0.05, 0.1) is 10.0 Å². The third-order valence-corrected chi connectivity index (χ3v) is 3.25. The smallest absolute Gasteiger partial charge is 0.310 e. The van der Waals surface area contributed by atoms with E-state index in [0.29, 0.717) is 16.6 Å². The molecule has 1 N–H and O–H groups in total. The van der Waals surface area contributed by atoms with Crippen molar-refractivity contribution in [1.82, 2.24) is 5.32 Å². The predicted octanol–water partition coefficient (Wildman–Crippen LogP) is 4.99. The van der Waals surface area contributed by atoms with Crippen LogP contribution in [0.3, 0.4) is 0 Å². The fourth-order valence-corrected chi connectivity index (χ4v) is 1.98. The lowest BCUT2D eigenvalue weighted by molar-refractivity contribution is -0.136. The zero-order valence-corrected chi connectivity index (χ0v) is 11.3. The first-order valence-corrected chi connectivity index (χ1v) is 6.34. The van der Waals surface area contributed by atoms with Crippen molar-refractivity contribution in [2.45, 2.75) is 32.0 Å². The fourth-order valence-electron chi connectivity index (χ4n) is 1.67. The molecule has 0 aliphatic heterocycles. The highest BCUT2D eigenvalue weighted by atomic mass is 35.5. The summed E-state index contributed by atoms with van der Waals surface area (Å²) in [5, 5.41) is 3.76. The highest BCUT2D eigenvalue weighted by Crippen LogP contribution is 2.30. The minimum atomic E-state index is -4.15. The average Bonchev–Trinajstić information content (AvgIpc) is 2.27. The maximum atomic E-state index is 12.2. The Morgan fingerprint density at radius 1 is 1.22 bits per heavy atom. The van der Waals surface area contributed by atoms with Gasteiger partial charge in [-0.2, -0.15) is 13.2 Å². The number of rotatable bonds is 5. The first-order valence-electron chi connectivity index (χ1n) is 5.58. The van der Waals surface area contributed by atoms with Gasteiger partial charge in [0, 0.05) is 12.5 Å². The molecule has 1 rings (SSSR count). The Morgan fingerprint density at radius 2 is 1.89 bits per heavy atom. The summed E-state index contributed by atoms with van der Waals surface area (Å²) in [5.74, 6) is 0. The Bertz CT molecular complexity index is 393. The van der Waals surface area contributed by atoms with E-state index in [1.807, 2.05) is 6.92 Å². The molecule has 1 atom stereocenters. The SMILES string of the molecule is CCNC(CCC(F)(F)F)c1ccc(Cl)c(Cl)c1. The van der Waals surface area contributed by atoms with Gasteiger partial charge in [-0.3, -0.25) is 0 Å². The van der Waals surface area contributed by atoms with E-state index in [4.69, 9.17) is 23.2 Å². The van der Waals surface area contributed by atoms with Crippen molar-refractivity contribution in [3.63, 3.8) is 0 Å². The third-order valence-electron chi connectivity index (χ3n) is 2.51. The number of hydrogen-bond acceptors (Lipinski definition) is 1. The highest BCUT2D eigenvalue weighted by molar-refractivity contribution is 6.42. The van der Waals surface area contributed by atoms with Crippen LogP contribution in [0.4, 0.5) is 13.2 Å². The van der Waals surface area contributed by atoms with Gasteiger partial charge in [0.15, 0.2) is 0 Å². The lowest BCUT2D eigenvalue weighted by Crippen LogP contribution is -2.23. The van der Waals surface area contributed by atoms with Crippen molar-refractivity contribution in [2.24, 2.45) is 0 Å². The Balaban J connectivity index is 2.80. The van der Waals surface area contributed by atoms with E-state index < -0.39 is 12.6 Å². The number of nitrogens with one attached hydrogen (secondary N) is 1. The fraction of sp³-hybridized carbons (Fsp3) is 0.500. The molecule has 0 saturated carbocycles. The topological polar surface area (TPSA) is 12.0 Å². The van der Waals surface area contributed by atoms with Gasteiger partial charge >= 0.3 is 6.18 Å². The van der Waals surface area contributed by atoms with Crippen LogP contribution in [0.15, 0.2) is 18.2 Å². The standard InChI is InChI=1S/C12H14Cl2F3N/c1-2-18-11(5-6-12(15,16)17)8-3-4-9(13)10(14)7-8/h3-4,7,11,18H,2,5-6H2,1H3. The molecule has 0 aliphatic rings. The lowest BCUT2D eigenvalue weighted by atomic mass is 10.0. The molecule has 102 valence electrons. The molecule has 1 nitrogen and oxygen atoms in total. The van der Waals surface area contributed by atoms with E-state index in [0.717, 1.165) is 5.56 Å². The van der Waals surface area contributed by atoms with Crippen molar-refractivity contribution in [1.29, 1.82) is 0 Å². The maximum absolute atomic E-state index is 12.2.